The molecule has 3 heterocycles. The summed E-state index contributed by atoms with van der Waals surface area (Å²) in [6.45, 7) is 8.29. The van der Waals surface area contributed by atoms with Crippen LogP contribution in [0.25, 0.3) is 11.1 Å². The number of hydrogen-bond acceptors (Lipinski definition) is 6. The molecule has 0 saturated carbocycles. The lowest BCUT2D eigenvalue weighted by Crippen LogP contribution is -2.47. The lowest BCUT2D eigenvalue weighted by atomic mass is 10.0. The largest absolute Gasteiger partial charge is 0.380 e. The maximum absolute atomic E-state index is 14.2. The zero-order valence-corrected chi connectivity index (χ0v) is 20.5. The first-order valence-corrected chi connectivity index (χ1v) is 12.6. The van der Waals surface area contributed by atoms with Crippen LogP contribution in [-0.4, -0.2) is 66.5 Å². The van der Waals surface area contributed by atoms with Crippen LogP contribution in [0.4, 0.5) is 14.7 Å². The van der Waals surface area contributed by atoms with E-state index in [9.17, 15) is 8.78 Å². The minimum atomic E-state index is -0.559. The summed E-state index contributed by atoms with van der Waals surface area (Å²) in [7, 11) is 0. The summed E-state index contributed by atoms with van der Waals surface area (Å²) in [6.07, 6.45) is 5.02. The van der Waals surface area contributed by atoms with Crippen molar-refractivity contribution < 1.29 is 13.5 Å². The Balaban J connectivity index is 1.21. The van der Waals surface area contributed by atoms with E-state index in [1.54, 1.807) is 0 Å². The first-order valence-electron chi connectivity index (χ1n) is 12.6. The number of ether oxygens (including phenoxy) is 1. The first-order chi connectivity index (χ1) is 17.6. The fraction of sp³-hybridized carbons (Fsp3) is 0.393. The van der Waals surface area contributed by atoms with E-state index in [2.05, 4.69) is 24.8 Å². The SMILES string of the molecule is CCOCCN1CCN(c2ncc(-c3ccc(C4CCC(c5c(F)cccc5F)=N4)cc3)cn2)CC1. The van der Waals surface area contributed by atoms with Crippen molar-refractivity contribution in [3.05, 3.63) is 77.6 Å². The van der Waals surface area contributed by atoms with Crippen LogP contribution in [0.5, 0.6) is 0 Å². The third-order valence-electron chi connectivity index (χ3n) is 6.90. The van der Waals surface area contributed by atoms with Crippen LogP contribution in [0.3, 0.4) is 0 Å². The molecule has 1 saturated heterocycles. The molecule has 0 amide bonds. The lowest BCUT2D eigenvalue weighted by Gasteiger charge is -2.34. The van der Waals surface area contributed by atoms with Gasteiger partial charge in [0.25, 0.3) is 0 Å². The minimum absolute atomic E-state index is 0.000724. The Morgan fingerprint density at radius 3 is 2.28 bits per heavy atom. The number of hydrogen-bond donors (Lipinski definition) is 0. The number of anilines is 1. The predicted octanol–water partition coefficient (Wildman–Crippen LogP) is 4.90. The zero-order valence-electron chi connectivity index (χ0n) is 20.5. The van der Waals surface area contributed by atoms with Crippen molar-refractivity contribution in [3.8, 4) is 11.1 Å². The standard InChI is InChI=1S/C28H31F2N5O/c1-2-36-17-16-34-12-14-35(15-13-34)28-31-18-22(19-32-28)20-6-8-21(9-7-20)25-10-11-26(33-25)27-23(29)4-3-5-24(27)30/h3-9,18-19,25H,2,10-17H2,1H3. The van der Waals surface area contributed by atoms with E-state index >= 15 is 0 Å². The molecule has 1 aromatic heterocycles. The van der Waals surface area contributed by atoms with Crippen molar-refractivity contribution in [2.75, 3.05) is 50.8 Å². The molecule has 5 rings (SSSR count). The molecule has 2 aromatic carbocycles. The van der Waals surface area contributed by atoms with Crippen molar-refractivity contribution >= 4 is 11.7 Å². The van der Waals surface area contributed by atoms with Gasteiger partial charge in [0.15, 0.2) is 0 Å². The van der Waals surface area contributed by atoms with E-state index in [4.69, 9.17) is 4.74 Å². The van der Waals surface area contributed by atoms with E-state index in [0.717, 1.165) is 75.0 Å². The molecule has 0 bridgehead atoms. The molecule has 36 heavy (non-hydrogen) atoms. The molecule has 1 atom stereocenters. The molecule has 2 aliphatic heterocycles. The van der Waals surface area contributed by atoms with Gasteiger partial charge in [0, 0.05) is 63.0 Å². The van der Waals surface area contributed by atoms with Crippen LogP contribution >= 0.6 is 0 Å². The molecule has 2 aliphatic rings. The number of halogens is 2. The van der Waals surface area contributed by atoms with E-state index in [-0.39, 0.29) is 11.6 Å². The highest BCUT2D eigenvalue weighted by Crippen LogP contribution is 2.33. The Hall–Kier alpha value is -3.23. The van der Waals surface area contributed by atoms with E-state index in [1.165, 1.54) is 18.2 Å². The Morgan fingerprint density at radius 2 is 1.61 bits per heavy atom. The molecule has 6 nitrogen and oxygen atoms in total. The van der Waals surface area contributed by atoms with Gasteiger partial charge in [0.05, 0.1) is 18.2 Å². The number of nitrogens with zero attached hydrogens (tertiary/aromatic N) is 5. The molecule has 0 aliphatic carbocycles. The van der Waals surface area contributed by atoms with E-state index in [1.807, 2.05) is 43.6 Å². The molecular weight excluding hydrogens is 460 g/mol. The Morgan fingerprint density at radius 1 is 0.917 bits per heavy atom. The van der Waals surface area contributed by atoms with Crippen molar-refractivity contribution in [1.29, 1.82) is 0 Å². The van der Waals surface area contributed by atoms with E-state index in [0.29, 0.717) is 12.1 Å². The average molecular weight is 492 g/mol. The summed E-state index contributed by atoms with van der Waals surface area (Å²) in [6, 6.07) is 11.9. The second kappa shape index (κ2) is 11.2. The second-order valence-corrected chi connectivity index (χ2v) is 9.15. The molecule has 3 aromatic rings. The highest BCUT2D eigenvalue weighted by Gasteiger charge is 2.24. The number of rotatable bonds is 8. The summed E-state index contributed by atoms with van der Waals surface area (Å²) in [4.78, 5) is 18.5. The first kappa shape index (κ1) is 24.5. The third kappa shape index (κ3) is 5.44. The number of aliphatic imine (C=N–C) groups is 1. The van der Waals surface area contributed by atoms with Crippen LogP contribution in [-0.2, 0) is 4.74 Å². The fourth-order valence-electron chi connectivity index (χ4n) is 4.84. The minimum Gasteiger partial charge on any atom is -0.380 e. The van der Waals surface area contributed by atoms with Gasteiger partial charge in [-0.25, -0.2) is 18.7 Å². The van der Waals surface area contributed by atoms with Crippen molar-refractivity contribution in [1.82, 2.24) is 14.9 Å². The molecule has 0 spiro atoms. The Bertz CT molecular complexity index is 1170. The molecule has 0 radical (unpaired) electrons. The van der Waals surface area contributed by atoms with Crippen LogP contribution in [0.15, 0.2) is 59.9 Å². The maximum Gasteiger partial charge on any atom is 0.225 e. The molecule has 0 N–H and O–H groups in total. The summed E-state index contributed by atoms with van der Waals surface area (Å²) in [5, 5.41) is 0. The predicted molar refractivity (Wildman–Crippen MR) is 137 cm³/mol. The van der Waals surface area contributed by atoms with Crippen molar-refractivity contribution in [2.45, 2.75) is 25.8 Å². The van der Waals surface area contributed by atoms with Gasteiger partial charge in [0.2, 0.25) is 5.95 Å². The van der Waals surface area contributed by atoms with Gasteiger partial charge in [-0.05, 0) is 43.0 Å². The number of benzene rings is 2. The molecule has 1 fully saturated rings. The average Bonchev–Trinajstić information content (AvgIpc) is 3.39. The van der Waals surface area contributed by atoms with Crippen LogP contribution < -0.4 is 4.90 Å². The van der Waals surface area contributed by atoms with Gasteiger partial charge in [-0.1, -0.05) is 30.3 Å². The van der Waals surface area contributed by atoms with Crippen LogP contribution in [0.1, 0.15) is 36.9 Å². The quantitative estimate of drug-likeness (QED) is 0.420. The molecule has 8 heteroatoms. The zero-order chi connectivity index (χ0) is 24.9. The monoisotopic (exact) mass is 491 g/mol. The summed E-state index contributed by atoms with van der Waals surface area (Å²) >= 11 is 0. The third-order valence-corrected chi connectivity index (χ3v) is 6.90. The Labute approximate surface area is 210 Å². The molecular formula is C28H31F2N5O. The van der Waals surface area contributed by atoms with Gasteiger partial charge in [0.1, 0.15) is 11.6 Å². The molecule has 188 valence electrons. The van der Waals surface area contributed by atoms with Gasteiger partial charge in [-0.2, -0.15) is 0 Å². The highest BCUT2D eigenvalue weighted by atomic mass is 19.1. The number of piperazine rings is 1. The fourth-order valence-corrected chi connectivity index (χ4v) is 4.84. The summed E-state index contributed by atoms with van der Waals surface area (Å²) in [5.74, 6) is -0.360. The number of aromatic nitrogens is 2. The van der Waals surface area contributed by atoms with Gasteiger partial charge in [-0.3, -0.25) is 9.89 Å². The van der Waals surface area contributed by atoms with Gasteiger partial charge in [-0.15, -0.1) is 0 Å². The topological polar surface area (TPSA) is 53.9 Å². The highest BCUT2D eigenvalue weighted by molar-refractivity contribution is 6.02. The second-order valence-electron chi connectivity index (χ2n) is 9.15. The van der Waals surface area contributed by atoms with Crippen molar-refractivity contribution in [3.63, 3.8) is 0 Å². The van der Waals surface area contributed by atoms with Crippen LogP contribution in [0, 0.1) is 11.6 Å². The normalized spacial score (nSPS) is 18.5. The van der Waals surface area contributed by atoms with Crippen molar-refractivity contribution in [2.24, 2.45) is 4.99 Å². The lowest BCUT2D eigenvalue weighted by molar-refractivity contribution is 0.111. The van der Waals surface area contributed by atoms with Crippen LogP contribution in [0.2, 0.25) is 0 Å². The summed E-state index contributed by atoms with van der Waals surface area (Å²) in [5.41, 5.74) is 3.50. The van der Waals surface area contributed by atoms with Gasteiger partial charge < -0.3 is 9.64 Å². The molecule has 1 unspecified atom stereocenters. The summed E-state index contributed by atoms with van der Waals surface area (Å²) < 4.78 is 33.8. The maximum atomic E-state index is 14.2. The van der Waals surface area contributed by atoms with E-state index < -0.39 is 11.6 Å². The van der Waals surface area contributed by atoms with Gasteiger partial charge >= 0.3 is 0 Å². The smallest absolute Gasteiger partial charge is 0.225 e. The Kier molecular flexibility index (Phi) is 7.63.